The molecule has 2 rings (SSSR count). The maximum absolute atomic E-state index is 11.6. The summed E-state index contributed by atoms with van der Waals surface area (Å²) in [6.07, 6.45) is 1.64. The van der Waals surface area contributed by atoms with Crippen molar-refractivity contribution in [1.29, 1.82) is 0 Å². The highest BCUT2D eigenvalue weighted by molar-refractivity contribution is 7.99. The highest BCUT2D eigenvalue weighted by atomic mass is 32.2. The van der Waals surface area contributed by atoms with Crippen LogP contribution in [0.25, 0.3) is 11.3 Å². The van der Waals surface area contributed by atoms with Crippen molar-refractivity contribution in [2.45, 2.75) is 5.03 Å². The first-order valence-electron chi connectivity index (χ1n) is 7.24. The van der Waals surface area contributed by atoms with Crippen LogP contribution < -0.4 is 14.8 Å². The molecule has 0 saturated carbocycles. The van der Waals surface area contributed by atoms with Crippen LogP contribution in [0.2, 0.25) is 0 Å². The molecule has 0 aliphatic rings. The first-order valence-corrected chi connectivity index (χ1v) is 8.23. The van der Waals surface area contributed by atoms with Gasteiger partial charge in [-0.15, -0.1) is 16.8 Å². The Hall–Kier alpha value is -2.54. The quantitative estimate of drug-likeness (QED) is 0.585. The molecule has 0 unspecified atom stereocenters. The fourth-order valence-corrected chi connectivity index (χ4v) is 2.58. The minimum absolute atomic E-state index is 0.0692. The molecule has 126 valence electrons. The average Bonchev–Trinajstić information content (AvgIpc) is 2.64. The molecule has 0 atom stereocenters. The molecule has 7 heteroatoms. The molecular weight excluding hydrogens is 326 g/mol. The molecule has 2 aromatic rings. The Morgan fingerprint density at radius 2 is 2.08 bits per heavy atom. The van der Waals surface area contributed by atoms with Gasteiger partial charge in [-0.2, -0.15) is 0 Å². The van der Waals surface area contributed by atoms with Crippen molar-refractivity contribution in [2.75, 3.05) is 26.5 Å². The molecule has 0 saturated heterocycles. The normalized spacial score (nSPS) is 10.1. The number of aromatic nitrogens is 2. The lowest BCUT2D eigenvalue weighted by Crippen LogP contribution is -2.24. The number of benzene rings is 1. The molecule has 0 bridgehead atoms. The summed E-state index contributed by atoms with van der Waals surface area (Å²) in [6, 6.07) is 9.16. The van der Waals surface area contributed by atoms with Crippen molar-refractivity contribution in [3.8, 4) is 22.8 Å². The van der Waals surface area contributed by atoms with Crippen LogP contribution in [-0.2, 0) is 4.79 Å². The standard InChI is InChI=1S/C17H19N3O3S/c1-4-9-18-16(21)11-24-17-8-6-14(19-20-17)13-10-12(22-2)5-7-15(13)23-3/h4-8,10H,1,9,11H2,2-3H3,(H,18,21). The summed E-state index contributed by atoms with van der Waals surface area (Å²) in [7, 11) is 3.21. The topological polar surface area (TPSA) is 73.3 Å². The van der Waals surface area contributed by atoms with Crippen LogP contribution in [0.1, 0.15) is 0 Å². The highest BCUT2D eigenvalue weighted by Crippen LogP contribution is 2.32. The molecule has 1 amide bonds. The van der Waals surface area contributed by atoms with E-state index in [0.29, 0.717) is 28.8 Å². The van der Waals surface area contributed by atoms with Crippen molar-refractivity contribution in [2.24, 2.45) is 0 Å². The Bertz CT molecular complexity index is 705. The highest BCUT2D eigenvalue weighted by Gasteiger charge is 2.10. The van der Waals surface area contributed by atoms with Crippen LogP contribution in [0.4, 0.5) is 0 Å². The predicted octanol–water partition coefficient (Wildman–Crippen LogP) is 2.56. The summed E-state index contributed by atoms with van der Waals surface area (Å²) >= 11 is 1.32. The second-order valence-corrected chi connectivity index (χ2v) is 5.70. The van der Waals surface area contributed by atoms with Gasteiger partial charge in [0.2, 0.25) is 5.91 Å². The van der Waals surface area contributed by atoms with Gasteiger partial charge in [0.05, 0.1) is 25.7 Å². The first kappa shape index (κ1) is 17.8. The number of ether oxygens (including phenoxy) is 2. The Kier molecular flexibility index (Phi) is 6.62. The molecule has 1 aromatic heterocycles. The average molecular weight is 345 g/mol. The van der Waals surface area contributed by atoms with E-state index in [0.717, 1.165) is 5.56 Å². The van der Waals surface area contributed by atoms with Gasteiger partial charge in [0.15, 0.2) is 0 Å². The van der Waals surface area contributed by atoms with E-state index in [2.05, 4.69) is 22.1 Å². The second-order valence-electron chi connectivity index (χ2n) is 4.70. The third-order valence-electron chi connectivity index (χ3n) is 3.12. The number of carbonyl (C=O) groups excluding carboxylic acids is 1. The molecule has 24 heavy (non-hydrogen) atoms. The lowest BCUT2D eigenvalue weighted by atomic mass is 10.1. The first-order chi connectivity index (χ1) is 11.7. The van der Waals surface area contributed by atoms with Crippen LogP contribution in [0.5, 0.6) is 11.5 Å². The Balaban J connectivity index is 2.09. The van der Waals surface area contributed by atoms with E-state index in [1.807, 2.05) is 30.3 Å². The summed E-state index contributed by atoms with van der Waals surface area (Å²) in [6.45, 7) is 4.01. The van der Waals surface area contributed by atoms with Gasteiger partial charge in [-0.25, -0.2) is 0 Å². The van der Waals surface area contributed by atoms with E-state index in [1.165, 1.54) is 11.8 Å². The van der Waals surface area contributed by atoms with E-state index in [1.54, 1.807) is 20.3 Å². The van der Waals surface area contributed by atoms with Crippen LogP contribution in [0, 0.1) is 0 Å². The van der Waals surface area contributed by atoms with Gasteiger partial charge in [-0.05, 0) is 30.3 Å². The zero-order valence-electron chi connectivity index (χ0n) is 13.6. The summed E-state index contributed by atoms with van der Waals surface area (Å²) < 4.78 is 10.6. The number of nitrogens with zero attached hydrogens (tertiary/aromatic N) is 2. The van der Waals surface area contributed by atoms with Gasteiger partial charge in [0, 0.05) is 12.1 Å². The van der Waals surface area contributed by atoms with Gasteiger partial charge in [0.25, 0.3) is 0 Å². The van der Waals surface area contributed by atoms with Gasteiger partial charge in [-0.1, -0.05) is 17.8 Å². The number of nitrogens with one attached hydrogen (secondary N) is 1. The Morgan fingerprint density at radius 1 is 1.25 bits per heavy atom. The molecule has 1 heterocycles. The van der Waals surface area contributed by atoms with Gasteiger partial charge in [-0.3, -0.25) is 4.79 Å². The molecular formula is C17H19N3O3S. The molecule has 0 radical (unpaired) electrons. The summed E-state index contributed by atoms with van der Waals surface area (Å²) in [5.74, 6) is 1.61. The van der Waals surface area contributed by atoms with E-state index >= 15 is 0 Å². The predicted molar refractivity (Wildman–Crippen MR) is 94.5 cm³/mol. The largest absolute Gasteiger partial charge is 0.497 e. The molecule has 1 aromatic carbocycles. The van der Waals surface area contributed by atoms with Gasteiger partial charge >= 0.3 is 0 Å². The molecule has 6 nitrogen and oxygen atoms in total. The van der Waals surface area contributed by atoms with Crippen molar-refractivity contribution >= 4 is 17.7 Å². The smallest absolute Gasteiger partial charge is 0.230 e. The molecule has 0 fully saturated rings. The molecule has 1 N–H and O–H groups in total. The van der Waals surface area contributed by atoms with Crippen molar-refractivity contribution in [3.63, 3.8) is 0 Å². The third kappa shape index (κ3) is 4.73. The minimum atomic E-state index is -0.0692. The number of hydrogen-bond acceptors (Lipinski definition) is 6. The summed E-state index contributed by atoms with van der Waals surface area (Å²) in [5, 5.41) is 11.8. The lowest BCUT2D eigenvalue weighted by molar-refractivity contribution is -0.118. The van der Waals surface area contributed by atoms with Crippen molar-refractivity contribution < 1.29 is 14.3 Å². The van der Waals surface area contributed by atoms with Crippen LogP contribution >= 0.6 is 11.8 Å². The van der Waals surface area contributed by atoms with E-state index < -0.39 is 0 Å². The number of amides is 1. The number of methoxy groups -OCH3 is 2. The van der Waals surface area contributed by atoms with Gasteiger partial charge in [0.1, 0.15) is 16.5 Å². The Morgan fingerprint density at radius 3 is 2.71 bits per heavy atom. The number of hydrogen-bond donors (Lipinski definition) is 1. The monoisotopic (exact) mass is 345 g/mol. The number of carbonyl (C=O) groups is 1. The SMILES string of the molecule is C=CCNC(=O)CSc1ccc(-c2cc(OC)ccc2OC)nn1. The van der Waals surface area contributed by atoms with E-state index in [-0.39, 0.29) is 11.7 Å². The summed E-state index contributed by atoms with van der Waals surface area (Å²) in [5.41, 5.74) is 1.47. The fraction of sp³-hybridized carbons (Fsp3) is 0.235. The van der Waals surface area contributed by atoms with Gasteiger partial charge < -0.3 is 14.8 Å². The molecule has 0 aliphatic heterocycles. The van der Waals surface area contributed by atoms with Crippen LogP contribution in [-0.4, -0.2) is 42.6 Å². The van der Waals surface area contributed by atoms with Crippen LogP contribution in [0.15, 0.2) is 48.0 Å². The third-order valence-corrected chi connectivity index (χ3v) is 4.04. The number of rotatable bonds is 8. The summed E-state index contributed by atoms with van der Waals surface area (Å²) in [4.78, 5) is 11.6. The van der Waals surface area contributed by atoms with Crippen molar-refractivity contribution in [1.82, 2.24) is 15.5 Å². The van der Waals surface area contributed by atoms with Crippen LogP contribution in [0.3, 0.4) is 0 Å². The maximum Gasteiger partial charge on any atom is 0.230 e. The van der Waals surface area contributed by atoms with E-state index in [9.17, 15) is 4.79 Å². The van der Waals surface area contributed by atoms with Crippen molar-refractivity contribution in [3.05, 3.63) is 43.0 Å². The minimum Gasteiger partial charge on any atom is -0.497 e. The molecule has 0 aliphatic carbocycles. The second kappa shape index (κ2) is 8.93. The zero-order valence-corrected chi connectivity index (χ0v) is 14.4. The Labute approximate surface area is 145 Å². The zero-order chi connectivity index (χ0) is 17.4. The lowest BCUT2D eigenvalue weighted by Gasteiger charge is -2.10. The van der Waals surface area contributed by atoms with E-state index in [4.69, 9.17) is 9.47 Å². The number of thioether (sulfide) groups is 1. The maximum atomic E-state index is 11.6. The molecule has 0 spiro atoms. The fourth-order valence-electron chi connectivity index (χ4n) is 1.93.